The topological polar surface area (TPSA) is 71.5 Å². The number of methoxy groups -OCH3 is 1. The highest BCUT2D eigenvalue weighted by molar-refractivity contribution is 5.98. The van der Waals surface area contributed by atoms with Gasteiger partial charge in [-0.3, -0.25) is 14.6 Å². The van der Waals surface area contributed by atoms with Crippen LogP contribution in [0.4, 0.5) is 0 Å². The van der Waals surface area contributed by atoms with Gasteiger partial charge in [-0.2, -0.15) is 0 Å². The Morgan fingerprint density at radius 3 is 2.86 bits per heavy atom. The zero-order chi connectivity index (χ0) is 15.7. The molecule has 0 fully saturated rings. The van der Waals surface area contributed by atoms with E-state index in [4.69, 9.17) is 4.74 Å². The van der Waals surface area contributed by atoms with Crippen molar-refractivity contribution in [3.05, 3.63) is 29.6 Å². The van der Waals surface area contributed by atoms with E-state index < -0.39 is 0 Å². The molecule has 1 heterocycles. The number of aromatic nitrogens is 1. The predicted octanol–water partition coefficient (Wildman–Crippen LogP) is 1.33. The number of unbranched alkanes of at least 4 members (excludes halogenated alkanes) is 1. The molecule has 21 heavy (non-hydrogen) atoms. The van der Waals surface area contributed by atoms with Crippen LogP contribution in [0.25, 0.3) is 0 Å². The molecular weight excluding hydrogens is 270 g/mol. The van der Waals surface area contributed by atoms with Crippen molar-refractivity contribution in [3.63, 3.8) is 0 Å². The number of hydrogen-bond acceptors (Lipinski definition) is 4. The highest BCUT2D eigenvalue weighted by atomic mass is 16.5. The lowest BCUT2D eigenvalue weighted by Gasteiger charge is -2.16. The monoisotopic (exact) mass is 293 g/mol. The lowest BCUT2D eigenvalue weighted by atomic mass is 10.2. The average Bonchev–Trinajstić information content (AvgIpc) is 2.52. The molecule has 0 unspecified atom stereocenters. The van der Waals surface area contributed by atoms with E-state index in [0.717, 1.165) is 12.8 Å². The summed E-state index contributed by atoms with van der Waals surface area (Å²) in [4.78, 5) is 29.8. The Morgan fingerprint density at radius 1 is 1.43 bits per heavy atom. The number of pyridine rings is 1. The Morgan fingerprint density at radius 2 is 2.19 bits per heavy atom. The molecule has 0 atom stereocenters. The van der Waals surface area contributed by atoms with Crippen molar-refractivity contribution >= 4 is 11.8 Å². The predicted molar refractivity (Wildman–Crippen MR) is 80.3 cm³/mol. The number of nitrogens with zero attached hydrogens (tertiary/aromatic N) is 2. The molecule has 2 amide bonds. The van der Waals surface area contributed by atoms with Gasteiger partial charge in [0.05, 0.1) is 6.61 Å². The third-order valence-corrected chi connectivity index (χ3v) is 3.03. The van der Waals surface area contributed by atoms with Gasteiger partial charge in [0.1, 0.15) is 5.69 Å². The van der Waals surface area contributed by atoms with E-state index in [0.29, 0.717) is 25.3 Å². The summed E-state index contributed by atoms with van der Waals surface area (Å²) < 4.78 is 4.86. The minimum absolute atomic E-state index is 0.100. The molecule has 0 spiro atoms. The van der Waals surface area contributed by atoms with Crippen LogP contribution in [-0.2, 0) is 4.74 Å². The molecule has 0 bridgehead atoms. The van der Waals surface area contributed by atoms with E-state index in [1.807, 2.05) is 0 Å². The van der Waals surface area contributed by atoms with E-state index in [9.17, 15) is 9.59 Å². The van der Waals surface area contributed by atoms with E-state index in [-0.39, 0.29) is 17.5 Å². The quantitative estimate of drug-likeness (QED) is 0.734. The molecule has 0 aliphatic heterocycles. The van der Waals surface area contributed by atoms with Crippen molar-refractivity contribution in [2.24, 2.45) is 0 Å². The van der Waals surface area contributed by atoms with Crippen LogP contribution >= 0.6 is 0 Å². The number of carbonyl (C=O) groups is 2. The summed E-state index contributed by atoms with van der Waals surface area (Å²) in [7, 11) is 3.33. The largest absolute Gasteiger partial charge is 0.383 e. The Bertz CT molecular complexity index is 477. The minimum Gasteiger partial charge on any atom is -0.383 e. The highest BCUT2D eigenvalue weighted by Gasteiger charge is 2.14. The van der Waals surface area contributed by atoms with Gasteiger partial charge in [0.25, 0.3) is 11.8 Å². The van der Waals surface area contributed by atoms with Gasteiger partial charge in [-0.25, -0.2) is 0 Å². The lowest BCUT2D eigenvalue weighted by Crippen LogP contribution is -2.30. The van der Waals surface area contributed by atoms with Crippen LogP contribution in [0.5, 0.6) is 0 Å². The molecule has 0 radical (unpaired) electrons. The summed E-state index contributed by atoms with van der Waals surface area (Å²) in [5.74, 6) is -0.408. The molecule has 6 heteroatoms. The molecule has 1 rings (SSSR count). The second-order valence-corrected chi connectivity index (χ2v) is 4.76. The van der Waals surface area contributed by atoms with Crippen molar-refractivity contribution in [1.29, 1.82) is 0 Å². The van der Waals surface area contributed by atoms with Gasteiger partial charge >= 0.3 is 0 Å². The Hall–Kier alpha value is -1.95. The first kappa shape index (κ1) is 17.1. The average molecular weight is 293 g/mol. The molecule has 1 N–H and O–H groups in total. The van der Waals surface area contributed by atoms with Crippen molar-refractivity contribution in [2.75, 3.05) is 33.9 Å². The van der Waals surface area contributed by atoms with Crippen molar-refractivity contribution in [2.45, 2.75) is 19.8 Å². The summed E-state index contributed by atoms with van der Waals surface area (Å²) in [5.41, 5.74) is 0.710. The summed E-state index contributed by atoms with van der Waals surface area (Å²) in [6, 6.07) is 3.14. The summed E-state index contributed by atoms with van der Waals surface area (Å²) in [6.45, 7) is 3.62. The van der Waals surface area contributed by atoms with Gasteiger partial charge in [-0.05, 0) is 18.6 Å². The van der Waals surface area contributed by atoms with Crippen LogP contribution in [-0.4, -0.2) is 55.6 Å². The zero-order valence-corrected chi connectivity index (χ0v) is 12.9. The van der Waals surface area contributed by atoms with Gasteiger partial charge in [0.2, 0.25) is 0 Å². The molecule has 0 saturated heterocycles. The van der Waals surface area contributed by atoms with Gasteiger partial charge in [-0.1, -0.05) is 13.3 Å². The Kier molecular flexibility index (Phi) is 7.39. The summed E-state index contributed by atoms with van der Waals surface area (Å²) in [5, 5.41) is 2.68. The van der Waals surface area contributed by atoms with E-state index in [1.54, 1.807) is 25.1 Å². The highest BCUT2D eigenvalue weighted by Crippen LogP contribution is 2.06. The van der Waals surface area contributed by atoms with Gasteiger partial charge in [0, 0.05) is 39.0 Å². The second-order valence-electron chi connectivity index (χ2n) is 4.76. The third kappa shape index (κ3) is 5.51. The van der Waals surface area contributed by atoms with Crippen LogP contribution in [0.3, 0.4) is 0 Å². The summed E-state index contributed by atoms with van der Waals surface area (Å²) in [6.07, 6.45) is 3.46. The Labute approximate surface area is 125 Å². The van der Waals surface area contributed by atoms with E-state index >= 15 is 0 Å². The molecular formula is C15H23N3O3. The number of carbonyl (C=O) groups excluding carboxylic acids is 2. The first-order valence-electron chi connectivity index (χ1n) is 7.08. The van der Waals surface area contributed by atoms with Crippen molar-refractivity contribution in [3.8, 4) is 0 Å². The maximum atomic E-state index is 12.2. The molecule has 1 aromatic rings. The first-order chi connectivity index (χ1) is 10.1. The van der Waals surface area contributed by atoms with Crippen molar-refractivity contribution in [1.82, 2.24) is 15.2 Å². The van der Waals surface area contributed by atoms with Crippen LogP contribution in [0, 0.1) is 0 Å². The van der Waals surface area contributed by atoms with Gasteiger partial charge < -0.3 is 15.0 Å². The third-order valence-electron chi connectivity index (χ3n) is 3.03. The molecule has 1 aromatic heterocycles. The molecule has 0 saturated carbocycles. The Balaban J connectivity index is 2.71. The summed E-state index contributed by atoms with van der Waals surface area (Å²) >= 11 is 0. The van der Waals surface area contributed by atoms with Gasteiger partial charge in [-0.15, -0.1) is 0 Å². The van der Waals surface area contributed by atoms with Gasteiger partial charge in [0.15, 0.2) is 0 Å². The molecule has 0 aliphatic carbocycles. The zero-order valence-electron chi connectivity index (χ0n) is 12.9. The lowest BCUT2D eigenvalue weighted by molar-refractivity contribution is 0.0793. The SMILES string of the molecule is CCCCN(C)C(=O)c1ccnc(C(=O)NCCOC)c1. The number of ether oxygens (including phenoxy) is 1. The first-order valence-corrected chi connectivity index (χ1v) is 7.08. The van der Waals surface area contributed by atoms with E-state index in [1.165, 1.54) is 12.3 Å². The number of nitrogens with one attached hydrogen (secondary N) is 1. The van der Waals surface area contributed by atoms with Crippen LogP contribution in [0.1, 0.15) is 40.6 Å². The number of rotatable bonds is 8. The normalized spacial score (nSPS) is 10.2. The number of hydrogen-bond donors (Lipinski definition) is 1. The maximum Gasteiger partial charge on any atom is 0.269 e. The molecule has 6 nitrogen and oxygen atoms in total. The smallest absolute Gasteiger partial charge is 0.269 e. The fourth-order valence-corrected chi connectivity index (χ4v) is 1.76. The minimum atomic E-state index is -0.307. The second kappa shape index (κ2) is 9.07. The van der Waals surface area contributed by atoms with E-state index in [2.05, 4.69) is 17.2 Å². The standard InChI is InChI=1S/C15H23N3O3/c1-4-5-9-18(2)15(20)12-6-7-16-13(11-12)14(19)17-8-10-21-3/h6-7,11H,4-5,8-10H2,1-3H3,(H,17,19). The molecule has 116 valence electrons. The van der Waals surface area contributed by atoms with Crippen LogP contribution in [0.2, 0.25) is 0 Å². The fourth-order valence-electron chi connectivity index (χ4n) is 1.76. The van der Waals surface area contributed by atoms with Crippen LogP contribution < -0.4 is 5.32 Å². The maximum absolute atomic E-state index is 12.2. The molecule has 0 aliphatic rings. The number of amides is 2. The van der Waals surface area contributed by atoms with Crippen LogP contribution in [0.15, 0.2) is 18.3 Å². The molecule has 0 aromatic carbocycles. The fraction of sp³-hybridized carbons (Fsp3) is 0.533. The van der Waals surface area contributed by atoms with Crippen molar-refractivity contribution < 1.29 is 14.3 Å².